The molecule has 4 saturated carbocycles. The van der Waals surface area contributed by atoms with Gasteiger partial charge in [0.1, 0.15) is 5.41 Å². The SMILES string of the molecule is [C-]#[N+]C1CC[C@@]2(C)C(CC[C@]3(C)C2C(=O)C=C2C4[C@@H](C)[C@H](C)CC[C@]4(C)CC[C@]23C)[C@@]1(C)C(=O)OC. The zero-order valence-corrected chi connectivity index (χ0v) is 23.9. The normalized spacial score (nSPS) is 54.1. The van der Waals surface area contributed by atoms with Crippen LogP contribution in [0.1, 0.15) is 99.8 Å². The number of hydrogen-bond acceptors (Lipinski definition) is 3. The van der Waals surface area contributed by atoms with E-state index in [0.29, 0.717) is 35.4 Å². The first kappa shape index (κ1) is 26.0. The number of esters is 1. The Morgan fingerprint density at radius 3 is 2.33 bits per heavy atom. The molecule has 0 heterocycles. The predicted octanol–water partition coefficient (Wildman–Crippen LogP) is 7.28. The van der Waals surface area contributed by atoms with Crippen molar-refractivity contribution < 1.29 is 14.3 Å². The molecule has 4 nitrogen and oxygen atoms in total. The molecule has 0 aromatic rings. The molecule has 0 bridgehead atoms. The second-order valence-electron chi connectivity index (χ2n) is 14.7. The maximum Gasteiger partial charge on any atom is 0.319 e. The number of carbonyl (C=O) groups is 2. The molecule has 0 N–H and O–H groups in total. The summed E-state index contributed by atoms with van der Waals surface area (Å²) in [5, 5.41) is 0. The second-order valence-corrected chi connectivity index (χ2v) is 14.7. The quantitative estimate of drug-likeness (QED) is 0.285. The van der Waals surface area contributed by atoms with Gasteiger partial charge < -0.3 is 9.58 Å². The fourth-order valence-electron chi connectivity index (χ4n) is 11.1. The first-order valence-corrected chi connectivity index (χ1v) is 14.5. The number of rotatable bonds is 1. The standard InChI is InChI=1S/C32H47NO3/c1-19-10-13-28(3)16-17-30(5)21(25(28)20(19)2)18-22(34)26-29(4)14-12-24(33-8)32(7,27(35)36-9)23(29)11-15-31(26,30)6/h18-20,23-26H,10-17H2,1-7,9H3/t19-,20+,23?,24?,25?,26?,28-,29+,30-,31-,32-/m1/s1. The van der Waals surface area contributed by atoms with E-state index in [0.717, 1.165) is 25.7 Å². The van der Waals surface area contributed by atoms with E-state index in [9.17, 15) is 9.59 Å². The van der Waals surface area contributed by atoms with Crippen LogP contribution >= 0.6 is 0 Å². The molecule has 5 aliphatic carbocycles. The number of allylic oxidation sites excluding steroid dienone is 2. The van der Waals surface area contributed by atoms with Crippen LogP contribution in [0.4, 0.5) is 0 Å². The average molecular weight is 494 g/mol. The van der Waals surface area contributed by atoms with Gasteiger partial charge in [-0.2, -0.15) is 0 Å². The Kier molecular flexibility index (Phi) is 5.73. The number of carbonyl (C=O) groups excluding carboxylic acids is 2. The third-order valence-electron chi connectivity index (χ3n) is 13.6. The van der Waals surface area contributed by atoms with Crippen molar-refractivity contribution >= 4 is 11.8 Å². The Morgan fingerprint density at radius 1 is 1.00 bits per heavy atom. The molecule has 36 heavy (non-hydrogen) atoms. The van der Waals surface area contributed by atoms with Crippen molar-refractivity contribution in [2.24, 2.45) is 56.7 Å². The smallest absolute Gasteiger partial charge is 0.319 e. The van der Waals surface area contributed by atoms with E-state index in [1.165, 1.54) is 31.9 Å². The molecule has 5 rings (SSSR count). The van der Waals surface area contributed by atoms with Crippen LogP contribution in [0.2, 0.25) is 0 Å². The Labute approximate surface area is 218 Å². The van der Waals surface area contributed by atoms with Gasteiger partial charge in [-0.15, -0.1) is 0 Å². The molecule has 0 saturated heterocycles. The highest BCUT2D eigenvalue weighted by molar-refractivity contribution is 5.96. The zero-order valence-electron chi connectivity index (χ0n) is 23.9. The van der Waals surface area contributed by atoms with Gasteiger partial charge in [-0.25, -0.2) is 6.57 Å². The van der Waals surface area contributed by atoms with Crippen LogP contribution in [-0.2, 0) is 14.3 Å². The van der Waals surface area contributed by atoms with E-state index in [2.05, 4.69) is 52.5 Å². The van der Waals surface area contributed by atoms with Gasteiger partial charge in [-0.1, -0.05) is 47.1 Å². The monoisotopic (exact) mass is 493 g/mol. The van der Waals surface area contributed by atoms with E-state index < -0.39 is 5.41 Å². The molecule has 0 radical (unpaired) electrons. The first-order valence-electron chi connectivity index (χ1n) is 14.5. The first-order chi connectivity index (χ1) is 16.7. The molecule has 0 aromatic heterocycles. The number of nitrogens with zero attached hydrogens (tertiary/aromatic N) is 1. The van der Waals surface area contributed by atoms with Crippen molar-refractivity contribution in [1.82, 2.24) is 0 Å². The minimum atomic E-state index is -0.867. The lowest BCUT2D eigenvalue weighted by atomic mass is 9.33. The van der Waals surface area contributed by atoms with E-state index in [-0.39, 0.29) is 40.1 Å². The van der Waals surface area contributed by atoms with E-state index >= 15 is 0 Å². The van der Waals surface area contributed by atoms with Crippen LogP contribution in [0, 0.1) is 63.2 Å². The molecule has 0 aromatic carbocycles. The summed E-state index contributed by atoms with van der Waals surface area (Å²) < 4.78 is 5.33. The Morgan fingerprint density at radius 2 is 1.69 bits per heavy atom. The summed E-state index contributed by atoms with van der Waals surface area (Å²) in [7, 11) is 1.45. The minimum absolute atomic E-state index is 0.00658. The van der Waals surface area contributed by atoms with Crippen LogP contribution in [0.15, 0.2) is 11.6 Å². The fourth-order valence-corrected chi connectivity index (χ4v) is 11.1. The highest BCUT2D eigenvalue weighted by atomic mass is 16.5. The van der Waals surface area contributed by atoms with E-state index in [4.69, 9.17) is 11.3 Å². The summed E-state index contributed by atoms with van der Waals surface area (Å²) in [6.07, 6.45) is 10.4. The number of fused-ring (bicyclic) bond motifs is 7. The summed E-state index contributed by atoms with van der Waals surface area (Å²) in [5.74, 6) is 1.64. The molecular weight excluding hydrogens is 446 g/mol. The topological polar surface area (TPSA) is 47.7 Å². The van der Waals surface area contributed by atoms with Crippen LogP contribution < -0.4 is 0 Å². The zero-order chi connectivity index (χ0) is 26.5. The molecule has 5 aliphatic rings. The van der Waals surface area contributed by atoms with Crippen molar-refractivity contribution in [2.75, 3.05) is 7.11 Å². The lowest BCUT2D eigenvalue weighted by Gasteiger charge is -2.70. The van der Waals surface area contributed by atoms with Crippen molar-refractivity contribution in [3.05, 3.63) is 23.1 Å². The van der Waals surface area contributed by atoms with Crippen LogP contribution in [0.25, 0.3) is 4.85 Å². The Bertz CT molecular complexity index is 1060. The molecule has 0 aliphatic heterocycles. The number of hydrogen-bond donors (Lipinski definition) is 0. The van der Waals surface area contributed by atoms with Gasteiger partial charge >= 0.3 is 5.97 Å². The van der Waals surface area contributed by atoms with Gasteiger partial charge in [-0.05, 0) is 103 Å². The van der Waals surface area contributed by atoms with E-state index in [1.54, 1.807) is 0 Å². The average Bonchev–Trinajstić information content (AvgIpc) is 2.82. The van der Waals surface area contributed by atoms with Gasteiger partial charge in [0.05, 0.1) is 7.11 Å². The molecule has 198 valence electrons. The Balaban J connectivity index is 1.65. The van der Waals surface area contributed by atoms with Crippen molar-refractivity contribution in [3.8, 4) is 0 Å². The summed E-state index contributed by atoms with van der Waals surface area (Å²) in [5.41, 5.74) is 0.418. The summed E-state index contributed by atoms with van der Waals surface area (Å²) in [6.45, 7) is 24.3. The van der Waals surface area contributed by atoms with Gasteiger partial charge in [0, 0.05) is 12.3 Å². The van der Waals surface area contributed by atoms with Crippen molar-refractivity contribution in [1.29, 1.82) is 0 Å². The van der Waals surface area contributed by atoms with Crippen LogP contribution in [0.5, 0.6) is 0 Å². The largest absolute Gasteiger partial charge is 0.468 e. The minimum Gasteiger partial charge on any atom is -0.468 e. The summed E-state index contributed by atoms with van der Waals surface area (Å²) in [6, 6.07) is -0.382. The second kappa shape index (κ2) is 7.94. The molecule has 4 unspecified atom stereocenters. The number of ketones is 1. The molecule has 4 heteroatoms. The van der Waals surface area contributed by atoms with Gasteiger partial charge in [-0.3, -0.25) is 9.59 Å². The van der Waals surface area contributed by atoms with Crippen molar-refractivity contribution in [3.63, 3.8) is 0 Å². The lowest BCUT2D eigenvalue weighted by Crippen LogP contribution is -2.68. The van der Waals surface area contributed by atoms with Gasteiger partial charge in [0.25, 0.3) is 0 Å². The third-order valence-corrected chi connectivity index (χ3v) is 13.6. The van der Waals surface area contributed by atoms with Crippen molar-refractivity contribution in [2.45, 2.75) is 106 Å². The molecule has 11 atom stereocenters. The van der Waals surface area contributed by atoms with Gasteiger partial charge in [0.2, 0.25) is 6.04 Å². The maximum atomic E-state index is 14.4. The number of methoxy groups -OCH3 is 1. The van der Waals surface area contributed by atoms with E-state index in [1.807, 2.05) is 6.92 Å². The summed E-state index contributed by atoms with van der Waals surface area (Å²) >= 11 is 0. The Hall–Kier alpha value is -1.63. The highest BCUT2D eigenvalue weighted by Crippen LogP contribution is 2.75. The molecule has 0 amide bonds. The summed E-state index contributed by atoms with van der Waals surface area (Å²) in [4.78, 5) is 31.6. The van der Waals surface area contributed by atoms with Gasteiger partial charge in [0.15, 0.2) is 5.78 Å². The highest BCUT2D eigenvalue weighted by Gasteiger charge is 2.73. The lowest BCUT2D eigenvalue weighted by molar-refractivity contribution is -0.199. The van der Waals surface area contributed by atoms with Crippen LogP contribution in [0.3, 0.4) is 0 Å². The molecule has 4 fully saturated rings. The maximum absolute atomic E-state index is 14.4. The molecule has 0 spiro atoms. The molecular formula is C32H47NO3. The van der Waals surface area contributed by atoms with Crippen LogP contribution in [-0.4, -0.2) is 24.9 Å². The predicted molar refractivity (Wildman–Crippen MR) is 142 cm³/mol. The third kappa shape index (κ3) is 2.92. The fraction of sp³-hybridized carbons (Fsp3) is 0.844. The number of ether oxygens (including phenoxy) is 1.